The third-order valence-corrected chi connectivity index (χ3v) is 9.30. The number of aryl methyl sites for hydroxylation is 1. The second-order valence-corrected chi connectivity index (χ2v) is 11.2. The van der Waals surface area contributed by atoms with E-state index in [1.807, 2.05) is 0 Å². The summed E-state index contributed by atoms with van der Waals surface area (Å²) in [7, 11) is -5.59. The minimum Gasteiger partial charge on any atom is -0.345 e. The Morgan fingerprint density at radius 1 is 1.00 bits per heavy atom. The topological polar surface area (TPSA) is 109 Å². The van der Waals surface area contributed by atoms with E-state index in [-0.39, 0.29) is 15.5 Å². The van der Waals surface area contributed by atoms with Gasteiger partial charge in [-0.05, 0) is 43.2 Å². The Kier molecular flexibility index (Phi) is 6.89. The zero-order chi connectivity index (χ0) is 22.8. The number of anilines is 1. The quantitative estimate of drug-likeness (QED) is 0.638. The molecule has 1 aliphatic rings. The maximum Gasteiger partial charge on any atom is 0.272 e. The van der Waals surface area contributed by atoms with Crippen LogP contribution in [-0.2, 0) is 27.1 Å². The smallest absolute Gasteiger partial charge is 0.272 e. The van der Waals surface area contributed by atoms with Crippen molar-refractivity contribution in [3.8, 4) is 0 Å². The zero-order valence-corrected chi connectivity index (χ0v) is 19.5. The van der Waals surface area contributed by atoms with Crippen LogP contribution in [0.15, 0.2) is 46.3 Å². The van der Waals surface area contributed by atoms with Crippen molar-refractivity contribution in [1.82, 2.24) is 13.2 Å². The highest BCUT2D eigenvalue weighted by atomic mass is 32.2. The van der Waals surface area contributed by atoms with Gasteiger partial charge < -0.3 is 9.88 Å². The van der Waals surface area contributed by atoms with Gasteiger partial charge in [-0.1, -0.05) is 13.8 Å². The molecule has 2 aromatic rings. The lowest BCUT2D eigenvalue weighted by Gasteiger charge is -2.18. The molecule has 11 heteroatoms. The zero-order valence-electron chi connectivity index (χ0n) is 17.9. The first-order valence-electron chi connectivity index (χ1n) is 10.2. The van der Waals surface area contributed by atoms with Crippen LogP contribution in [0.5, 0.6) is 0 Å². The van der Waals surface area contributed by atoms with E-state index >= 15 is 0 Å². The summed E-state index contributed by atoms with van der Waals surface area (Å²) in [6.45, 7) is 5.26. The summed E-state index contributed by atoms with van der Waals surface area (Å²) in [5.74, 6) is -0.482. The minimum atomic E-state index is -3.62. The third-order valence-electron chi connectivity index (χ3n) is 5.37. The van der Waals surface area contributed by atoms with Crippen LogP contribution in [0.3, 0.4) is 0 Å². The van der Waals surface area contributed by atoms with Gasteiger partial charge in [0.15, 0.2) is 0 Å². The summed E-state index contributed by atoms with van der Waals surface area (Å²) >= 11 is 0. The molecule has 0 saturated carbocycles. The van der Waals surface area contributed by atoms with Crippen molar-refractivity contribution in [1.29, 1.82) is 0 Å². The van der Waals surface area contributed by atoms with E-state index < -0.39 is 26.0 Å². The summed E-state index contributed by atoms with van der Waals surface area (Å²) < 4.78 is 54.9. The maximum atomic E-state index is 12.7. The highest BCUT2D eigenvalue weighted by Crippen LogP contribution is 2.23. The lowest BCUT2D eigenvalue weighted by Crippen LogP contribution is -2.30. The molecule has 1 N–H and O–H groups in total. The van der Waals surface area contributed by atoms with Gasteiger partial charge in [0.25, 0.3) is 5.91 Å². The lowest BCUT2D eigenvalue weighted by molar-refractivity contribution is 0.101. The fourth-order valence-corrected chi connectivity index (χ4v) is 6.64. The number of rotatable bonds is 8. The summed E-state index contributed by atoms with van der Waals surface area (Å²) in [6.07, 6.45) is 3.10. The van der Waals surface area contributed by atoms with E-state index in [2.05, 4.69) is 5.32 Å². The summed E-state index contributed by atoms with van der Waals surface area (Å²) in [6, 6.07) is 7.27. The molecule has 0 spiro atoms. The number of nitrogens with zero attached hydrogens (tertiary/aromatic N) is 3. The normalized spacial score (nSPS) is 15.5. The summed E-state index contributed by atoms with van der Waals surface area (Å²) in [5.41, 5.74) is 0.603. The van der Waals surface area contributed by atoms with Gasteiger partial charge in [-0.3, -0.25) is 4.79 Å². The molecule has 1 aromatic carbocycles. The average Bonchev–Trinajstić information content (AvgIpc) is 3.40. The van der Waals surface area contributed by atoms with Crippen molar-refractivity contribution < 1.29 is 21.6 Å². The SMILES string of the molecule is CCN(CC)S(=O)(=O)c1ccc(NC(=O)c2cc(S(=O)(=O)N3CCCC3)cn2C)cc1. The van der Waals surface area contributed by atoms with Crippen LogP contribution in [0.4, 0.5) is 5.69 Å². The van der Waals surface area contributed by atoms with Crippen molar-refractivity contribution >= 4 is 31.6 Å². The molecule has 0 bridgehead atoms. The van der Waals surface area contributed by atoms with E-state index in [0.717, 1.165) is 12.8 Å². The Morgan fingerprint density at radius 3 is 2.13 bits per heavy atom. The van der Waals surface area contributed by atoms with Crippen molar-refractivity contribution in [2.75, 3.05) is 31.5 Å². The van der Waals surface area contributed by atoms with Gasteiger partial charge in [0.1, 0.15) is 10.6 Å². The van der Waals surface area contributed by atoms with Crippen LogP contribution < -0.4 is 5.32 Å². The molecule has 9 nitrogen and oxygen atoms in total. The second-order valence-electron chi connectivity index (χ2n) is 7.35. The van der Waals surface area contributed by atoms with Crippen molar-refractivity contribution in [3.63, 3.8) is 0 Å². The fourth-order valence-electron chi connectivity index (χ4n) is 3.60. The molecule has 3 rings (SSSR count). The van der Waals surface area contributed by atoms with Crippen molar-refractivity contribution in [2.45, 2.75) is 36.5 Å². The fraction of sp³-hybridized carbons (Fsp3) is 0.450. The number of amides is 1. The highest BCUT2D eigenvalue weighted by Gasteiger charge is 2.29. The van der Waals surface area contributed by atoms with Crippen molar-refractivity contribution in [2.24, 2.45) is 7.05 Å². The first-order chi connectivity index (χ1) is 14.6. The van der Waals surface area contributed by atoms with Crippen LogP contribution in [0.25, 0.3) is 0 Å². The van der Waals surface area contributed by atoms with Gasteiger partial charge in [0.2, 0.25) is 20.0 Å². The van der Waals surface area contributed by atoms with Crippen molar-refractivity contribution in [3.05, 3.63) is 42.2 Å². The van der Waals surface area contributed by atoms with E-state index in [9.17, 15) is 21.6 Å². The van der Waals surface area contributed by atoms with Crippen LogP contribution in [0.2, 0.25) is 0 Å². The Bertz CT molecular complexity index is 1140. The standard InChI is InChI=1S/C20H28N4O5S2/c1-4-23(5-2)30(26,27)17-10-8-16(9-11-17)21-20(25)19-14-18(15-22(19)3)31(28,29)24-12-6-7-13-24/h8-11,14-15H,4-7,12-13H2,1-3H3,(H,21,25). The number of nitrogens with one attached hydrogen (secondary N) is 1. The molecule has 1 aliphatic heterocycles. The Hall–Kier alpha value is -2.21. The molecule has 2 heterocycles. The Morgan fingerprint density at radius 2 is 1.58 bits per heavy atom. The summed E-state index contributed by atoms with van der Waals surface area (Å²) in [5, 5.41) is 2.69. The van der Waals surface area contributed by atoms with Crippen LogP contribution in [-0.4, -0.2) is 62.1 Å². The molecular formula is C20H28N4O5S2. The van der Waals surface area contributed by atoms with E-state index in [0.29, 0.717) is 31.9 Å². The van der Waals surface area contributed by atoms with E-state index in [4.69, 9.17) is 0 Å². The first kappa shape index (κ1) is 23.5. The molecule has 31 heavy (non-hydrogen) atoms. The molecule has 0 radical (unpaired) electrons. The molecule has 1 amide bonds. The van der Waals surface area contributed by atoms with Crippen LogP contribution in [0, 0.1) is 0 Å². The second kappa shape index (κ2) is 9.11. The monoisotopic (exact) mass is 468 g/mol. The predicted octanol–water partition coefficient (Wildman–Crippen LogP) is 2.09. The first-order valence-corrected chi connectivity index (χ1v) is 13.1. The number of sulfonamides is 2. The molecule has 1 saturated heterocycles. The molecule has 1 aromatic heterocycles. The maximum absolute atomic E-state index is 12.7. The van der Waals surface area contributed by atoms with Gasteiger partial charge in [-0.2, -0.15) is 8.61 Å². The highest BCUT2D eigenvalue weighted by molar-refractivity contribution is 7.89. The molecular weight excluding hydrogens is 440 g/mol. The van der Waals surface area contributed by atoms with Crippen LogP contribution >= 0.6 is 0 Å². The summed E-state index contributed by atoms with van der Waals surface area (Å²) in [4.78, 5) is 12.9. The van der Waals surface area contributed by atoms with E-state index in [1.54, 1.807) is 20.9 Å². The minimum absolute atomic E-state index is 0.0858. The molecule has 0 unspecified atom stereocenters. The molecule has 0 atom stereocenters. The molecule has 0 aliphatic carbocycles. The van der Waals surface area contributed by atoms with Gasteiger partial charge in [0, 0.05) is 45.1 Å². The Balaban J connectivity index is 1.77. The molecule has 170 valence electrons. The van der Waals surface area contributed by atoms with Gasteiger partial charge >= 0.3 is 0 Å². The average molecular weight is 469 g/mol. The third kappa shape index (κ3) is 4.69. The number of carbonyl (C=O) groups excluding carboxylic acids is 1. The van der Waals surface area contributed by atoms with E-state index in [1.165, 1.54) is 49.7 Å². The molecule has 1 fully saturated rings. The number of hydrogen-bond donors (Lipinski definition) is 1. The number of hydrogen-bond acceptors (Lipinski definition) is 5. The number of carbonyl (C=O) groups is 1. The van der Waals surface area contributed by atoms with Gasteiger partial charge in [-0.15, -0.1) is 0 Å². The number of benzene rings is 1. The van der Waals surface area contributed by atoms with Gasteiger partial charge in [0.05, 0.1) is 4.90 Å². The Labute approximate surface area is 183 Å². The number of aromatic nitrogens is 1. The predicted molar refractivity (Wildman–Crippen MR) is 118 cm³/mol. The largest absolute Gasteiger partial charge is 0.345 e. The van der Waals surface area contributed by atoms with Gasteiger partial charge in [-0.25, -0.2) is 16.8 Å². The van der Waals surface area contributed by atoms with Crippen LogP contribution in [0.1, 0.15) is 37.2 Å². The lowest BCUT2D eigenvalue weighted by atomic mass is 10.3.